The SMILES string of the molecule is C=C(CCCCCCCCCC)C1=NC(C(C)C)CN1. The van der Waals surface area contributed by atoms with Gasteiger partial charge in [0.2, 0.25) is 0 Å². The van der Waals surface area contributed by atoms with Crippen molar-refractivity contribution in [2.75, 3.05) is 6.54 Å². The molecule has 0 saturated heterocycles. The fourth-order valence-corrected chi connectivity index (χ4v) is 2.65. The van der Waals surface area contributed by atoms with Crippen LogP contribution in [0.25, 0.3) is 0 Å². The van der Waals surface area contributed by atoms with Crippen LogP contribution in [-0.2, 0) is 0 Å². The Kier molecular flexibility index (Phi) is 8.64. The Morgan fingerprint density at radius 1 is 1.15 bits per heavy atom. The van der Waals surface area contributed by atoms with E-state index in [0.29, 0.717) is 12.0 Å². The molecule has 116 valence electrons. The molecule has 1 rings (SSSR count). The minimum Gasteiger partial charge on any atom is -0.368 e. The number of hydrogen-bond acceptors (Lipinski definition) is 2. The average Bonchev–Trinajstić information content (AvgIpc) is 2.91. The molecule has 0 amide bonds. The van der Waals surface area contributed by atoms with E-state index in [-0.39, 0.29) is 0 Å². The molecule has 0 aromatic carbocycles. The molecule has 0 fully saturated rings. The van der Waals surface area contributed by atoms with E-state index < -0.39 is 0 Å². The largest absolute Gasteiger partial charge is 0.368 e. The Morgan fingerprint density at radius 2 is 1.75 bits per heavy atom. The first-order chi connectivity index (χ1) is 9.65. The van der Waals surface area contributed by atoms with Gasteiger partial charge >= 0.3 is 0 Å². The lowest BCUT2D eigenvalue weighted by Gasteiger charge is -2.08. The zero-order valence-electron chi connectivity index (χ0n) is 13.9. The number of unbranched alkanes of at least 4 members (excludes halogenated alkanes) is 7. The van der Waals surface area contributed by atoms with Crippen LogP contribution in [0.15, 0.2) is 17.1 Å². The van der Waals surface area contributed by atoms with Crippen molar-refractivity contribution >= 4 is 5.84 Å². The molecule has 1 unspecified atom stereocenters. The highest BCUT2D eigenvalue weighted by atomic mass is 15.1. The fraction of sp³-hybridized carbons (Fsp3) is 0.833. The molecule has 1 heterocycles. The van der Waals surface area contributed by atoms with Gasteiger partial charge in [-0.05, 0) is 24.3 Å². The van der Waals surface area contributed by atoms with E-state index in [4.69, 9.17) is 4.99 Å². The average molecular weight is 278 g/mol. The highest BCUT2D eigenvalue weighted by molar-refractivity contribution is 5.98. The Balaban J connectivity index is 2.05. The quantitative estimate of drug-likeness (QED) is 0.522. The molecule has 1 aliphatic rings. The highest BCUT2D eigenvalue weighted by Crippen LogP contribution is 2.16. The Bertz CT molecular complexity index is 305. The number of rotatable bonds is 11. The van der Waals surface area contributed by atoms with Gasteiger partial charge < -0.3 is 5.32 Å². The van der Waals surface area contributed by atoms with Crippen molar-refractivity contribution in [1.82, 2.24) is 5.32 Å². The van der Waals surface area contributed by atoms with Gasteiger partial charge in [0.25, 0.3) is 0 Å². The predicted octanol–water partition coefficient (Wildman–Crippen LogP) is 5.10. The standard InChI is InChI=1S/C18H34N2/c1-5-6-7-8-9-10-11-12-13-16(4)18-19-14-17(20-18)15(2)3/h15,17H,4-14H2,1-3H3,(H,19,20). The first kappa shape index (κ1) is 17.3. The number of aliphatic imine (C=N–C) groups is 1. The molecule has 1 N–H and O–H groups in total. The molecular weight excluding hydrogens is 244 g/mol. The van der Waals surface area contributed by atoms with Crippen molar-refractivity contribution < 1.29 is 0 Å². The van der Waals surface area contributed by atoms with Crippen LogP contribution in [0.4, 0.5) is 0 Å². The first-order valence-electron chi connectivity index (χ1n) is 8.65. The summed E-state index contributed by atoms with van der Waals surface area (Å²) >= 11 is 0. The molecule has 2 heteroatoms. The van der Waals surface area contributed by atoms with E-state index in [1.54, 1.807) is 0 Å². The second-order valence-electron chi connectivity index (χ2n) is 6.50. The van der Waals surface area contributed by atoms with Crippen molar-refractivity contribution in [3.63, 3.8) is 0 Å². The van der Waals surface area contributed by atoms with Crippen LogP contribution in [0.1, 0.15) is 78.6 Å². The van der Waals surface area contributed by atoms with Gasteiger partial charge in [-0.25, -0.2) is 0 Å². The van der Waals surface area contributed by atoms with Gasteiger partial charge in [-0.15, -0.1) is 0 Å². The normalized spacial score (nSPS) is 18.2. The summed E-state index contributed by atoms with van der Waals surface area (Å²) in [5.74, 6) is 1.70. The van der Waals surface area contributed by atoms with Gasteiger partial charge in [0, 0.05) is 6.54 Å². The summed E-state index contributed by atoms with van der Waals surface area (Å²) in [6.07, 6.45) is 12.1. The molecule has 20 heavy (non-hydrogen) atoms. The van der Waals surface area contributed by atoms with E-state index >= 15 is 0 Å². The molecule has 2 nitrogen and oxygen atoms in total. The third-order valence-corrected chi connectivity index (χ3v) is 4.21. The smallest absolute Gasteiger partial charge is 0.123 e. The van der Waals surface area contributed by atoms with Crippen molar-refractivity contribution in [3.8, 4) is 0 Å². The number of nitrogens with zero attached hydrogens (tertiary/aromatic N) is 1. The maximum Gasteiger partial charge on any atom is 0.123 e. The van der Waals surface area contributed by atoms with Crippen LogP contribution in [0.3, 0.4) is 0 Å². The summed E-state index contributed by atoms with van der Waals surface area (Å²) in [5.41, 5.74) is 1.21. The molecule has 1 atom stereocenters. The number of nitrogens with one attached hydrogen (secondary N) is 1. The lowest BCUT2D eigenvalue weighted by atomic mass is 10.0. The predicted molar refractivity (Wildman–Crippen MR) is 90.4 cm³/mol. The summed E-state index contributed by atoms with van der Waals surface area (Å²) in [5, 5.41) is 3.41. The zero-order chi connectivity index (χ0) is 14.8. The molecule has 0 radical (unpaired) electrons. The second-order valence-corrected chi connectivity index (χ2v) is 6.50. The molecule has 0 saturated carbocycles. The third kappa shape index (κ3) is 6.58. The molecule has 0 spiro atoms. The lowest BCUT2D eigenvalue weighted by molar-refractivity contribution is 0.512. The van der Waals surface area contributed by atoms with Crippen LogP contribution < -0.4 is 5.32 Å². The molecular formula is C18H34N2. The summed E-state index contributed by atoms with van der Waals surface area (Å²) in [6.45, 7) is 11.9. The topological polar surface area (TPSA) is 24.4 Å². The Morgan fingerprint density at radius 3 is 2.30 bits per heavy atom. The number of hydrogen-bond donors (Lipinski definition) is 1. The molecule has 0 aliphatic carbocycles. The summed E-state index contributed by atoms with van der Waals surface area (Å²) in [6, 6.07) is 0.445. The van der Waals surface area contributed by atoms with Gasteiger partial charge in [0.15, 0.2) is 0 Å². The van der Waals surface area contributed by atoms with E-state index in [1.165, 1.54) is 56.9 Å². The molecule has 1 aliphatic heterocycles. The van der Waals surface area contributed by atoms with E-state index in [0.717, 1.165) is 18.8 Å². The van der Waals surface area contributed by atoms with Crippen molar-refractivity contribution in [1.29, 1.82) is 0 Å². The van der Waals surface area contributed by atoms with Gasteiger partial charge in [-0.1, -0.05) is 72.3 Å². The summed E-state index contributed by atoms with van der Waals surface area (Å²) in [4.78, 5) is 4.74. The van der Waals surface area contributed by atoms with Crippen LogP contribution in [0.2, 0.25) is 0 Å². The fourth-order valence-electron chi connectivity index (χ4n) is 2.65. The monoisotopic (exact) mass is 278 g/mol. The summed E-state index contributed by atoms with van der Waals surface area (Å²) < 4.78 is 0. The van der Waals surface area contributed by atoms with Gasteiger partial charge in [-0.2, -0.15) is 0 Å². The van der Waals surface area contributed by atoms with E-state index in [2.05, 4.69) is 32.7 Å². The van der Waals surface area contributed by atoms with Gasteiger partial charge in [0.1, 0.15) is 5.84 Å². The first-order valence-corrected chi connectivity index (χ1v) is 8.65. The highest BCUT2D eigenvalue weighted by Gasteiger charge is 2.20. The van der Waals surface area contributed by atoms with Crippen molar-refractivity contribution in [2.24, 2.45) is 10.9 Å². The lowest BCUT2D eigenvalue weighted by Crippen LogP contribution is -2.24. The minimum absolute atomic E-state index is 0.445. The van der Waals surface area contributed by atoms with E-state index in [1.807, 2.05) is 0 Å². The van der Waals surface area contributed by atoms with Gasteiger partial charge in [0.05, 0.1) is 6.04 Å². The Hall–Kier alpha value is -0.790. The second kappa shape index (κ2) is 10.0. The Labute approximate surface area is 126 Å². The third-order valence-electron chi connectivity index (χ3n) is 4.21. The maximum absolute atomic E-state index is 4.74. The molecule has 0 aromatic heterocycles. The number of amidine groups is 1. The van der Waals surface area contributed by atoms with Crippen LogP contribution >= 0.6 is 0 Å². The van der Waals surface area contributed by atoms with Crippen LogP contribution in [-0.4, -0.2) is 18.4 Å². The van der Waals surface area contributed by atoms with Crippen LogP contribution in [0, 0.1) is 5.92 Å². The zero-order valence-corrected chi connectivity index (χ0v) is 13.9. The summed E-state index contributed by atoms with van der Waals surface area (Å²) in [7, 11) is 0. The minimum atomic E-state index is 0.445. The van der Waals surface area contributed by atoms with E-state index in [9.17, 15) is 0 Å². The molecule has 0 aromatic rings. The maximum atomic E-state index is 4.74. The van der Waals surface area contributed by atoms with Gasteiger partial charge in [-0.3, -0.25) is 4.99 Å². The molecule has 0 bridgehead atoms. The van der Waals surface area contributed by atoms with Crippen LogP contribution in [0.5, 0.6) is 0 Å². The van der Waals surface area contributed by atoms with Crippen molar-refractivity contribution in [3.05, 3.63) is 12.2 Å². The van der Waals surface area contributed by atoms with Crippen molar-refractivity contribution in [2.45, 2.75) is 84.6 Å².